The molecule has 1 aliphatic heterocycles. The molecule has 0 saturated carbocycles. The standard InChI is InChI=1S/C26H30N2O6/c1-3-15(2)23(24(29)27-22-14-33-12-21(22)25(30)31)28-26(32)34-13-20-18-10-6-4-8-16(18)17-9-5-7-11-19(17)20/h4-11,15,20-23H,3,12-14H2,1-2H3,(H,27,29)(H,28,32)(H,30,31)/t15?,21?,22?,23-/m0/s1. The summed E-state index contributed by atoms with van der Waals surface area (Å²) in [5.41, 5.74) is 4.48. The summed E-state index contributed by atoms with van der Waals surface area (Å²) in [5, 5.41) is 14.8. The quantitative estimate of drug-likeness (QED) is 0.551. The molecule has 4 rings (SSSR count). The normalized spacial score (nSPS) is 20.6. The Morgan fingerprint density at radius 2 is 1.68 bits per heavy atom. The summed E-state index contributed by atoms with van der Waals surface area (Å²) in [6, 6.07) is 14.6. The van der Waals surface area contributed by atoms with Crippen LogP contribution in [0.2, 0.25) is 0 Å². The summed E-state index contributed by atoms with van der Waals surface area (Å²) in [7, 11) is 0. The Morgan fingerprint density at radius 3 is 2.26 bits per heavy atom. The lowest BCUT2D eigenvalue weighted by Gasteiger charge is -2.26. The van der Waals surface area contributed by atoms with Crippen molar-refractivity contribution in [1.82, 2.24) is 10.6 Å². The van der Waals surface area contributed by atoms with Gasteiger partial charge in [0, 0.05) is 5.92 Å². The summed E-state index contributed by atoms with van der Waals surface area (Å²) >= 11 is 0. The van der Waals surface area contributed by atoms with Crippen LogP contribution in [0.5, 0.6) is 0 Å². The zero-order chi connectivity index (χ0) is 24.2. The molecule has 180 valence electrons. The Morgan fingerprint density at radius 1 is 1.06 bits per heavy atom. The number of alkyl carbamates (subject to hydrolysis) is 1. The van der Waals surface area contributed by atoms with Crippen LogP contribution in [-0.2, 0) is 19.1 Å². The van der Waals surface area contributed by atoms with E-state index in [1.54, 1.807) is 0 Å². The maximum atomic E-state index is 13.0. The number of benzene rings is 2. The molecule has 2 aliphatic rings. The first kappa shape index (κ1) is 23.8. The molecule has 0 bridgehead atoms. The molecule has 1 fully saturated rings. The van der Waals surface area contributed by atoms with Gasteiger partial charge in [0.15, 0.2) is 0 Å². The van der Waals surface area contributed by atoms with Crippen LogP contribution in [0.1, 0.15) is 37.3 Å². The molecule has 0 radical (unpaired) electrons. The summed E-state index contributed by atoms with van der Waals surface area (Å²) in [5.74, 6) is -2.53. The van der Waals surface area contributed by atoms with E-state index in [1.165, 1.54) is 0 Å². The summed E-state index contributed by atoms with van der Waals surface area (Å²) in [4.78, 5) is 37.1. The number of nitrogens with one attached hydrogen (secondary N) is 2. The van der Waals surface area contributed by atoms with Crippen LogP contribution in [0.4, 0.5) is 4.79 Å². The van der Waals surface area contributed by atoms with Gasteiger partial charge in [-0.15, -0.1) is 0 Å². The van der Waals surface area contributed by atoms with E-state index in [-0.39, 0.29) is 31.7 Å². The van der Waals surface area contributed by atoms with Crippen molar-refractivity contribution in [3.63, 3.8) is 0 Å². The second-order valence-electron chi connectivity index (χ2n) is 8.93. The van der Waals surface area contributed by atoms with Crippen LogP contribution < -0.4 is 10.6 Å². The monoisotopic (exact) mass is 466 g/mol. The summed E-state index contributed by atoms with van der Waals surface area (Å²) in [6.07, 6.45) is -0.0367. The molecule has 1 saturated heterocycles. The van der Waals surface area contributed by atoms with Crippen molar-refractivity contribution in [2.24, 2.45) is 11.8 Å². The molecule has 2 aromatic carbocycles. The molecule has 0 spiro atoms. The first-order valence-corrected chi connectivity index (χ1v) is 11.6. The number of rotatable bonds is 8. The second kappa shape index (κ2) is 10.3. The number of carbonyl (C=O) groups is 3. The highest BCUT2D eigenvalue weighted by molar-refractivity contribution is 5.87. The number of carboxylic acid groups (broad SMARTS) is 1. The van der Waals surface area contributed by atoms with Crippen molar-refractivity contribution in [3.05, 3.63) is 59.7 Å². The third-order valence-electron chi connectivity index (χ3n) is 6.84. The van der Waals surface area contributed by atoms with Crippen LogP contribution in [-0.4, -0.2) is 55.0 Å². The minimum Gasteiger partial charge on any atom is -0.481 e. The minimum absolute atomic E-state index is 0.0497. The van der Waals surface area contributed by atoms with Crippen LogP contribution >= 0.6 is 0 Å². The van der Waals surface area contributed by atoms with Gasteiger partial charge in [0.2, 0.25) is 5.91 Å². The summed E-state index contributed by atoms with van der Waals surface area (Å²) in [6.45, 7) is 4.10. The molecular weight excluding hydrogens is 436 g/mol. The SMILES string of the molecule is CCC(C)[C@H](NC(=O)OCC1c2ccccc2-c2ccccc21)C(=O)NC1COCC1C(=O)O. The molecule has 0 aromatic heterocycles. The van der Waals surface area contributed by atoms with Crippen molar-refractivity contribution in [2.45, 2.75) is 38.3 Å². The largest absolute Gasteiger partial charge is 0.481 e. The van der Waals surface area contributed by atoms with Gasteiger partial charge in [-0.1, -0.05) is 68.8 Å². The van der Waals surface area contributed by atoms with Crippen molar-refractivity contribution in [1.29, 1.82) is 0 Å². The predicted octanol–water partition coefficient (Wildman–Crippen LogP) is 3.16. The van der Waals surface area contributed by atoms with Gasteiger partial charge in [0.1, 0.15) is 18.6 Å². The van der Waals surface area contributed by atoms with Crippen LogP contribution in [0.3, 0.4) is 0 Å². The molecule has 4 atom stereocenters. The second-order valence-corrected chi connectivity index (χ2v) is 8.93. The van der Waals surface area contributed by atoms with Gasteiger partial charge in [-0.05, 0) is 28.2 Å². The molecule has 1 aliphatic carbocycles. The maximum Gasteiger partial charge on any atom is 0.407 e. The van der Waals surface area contributed by atoms with E-state index < -0.39 is 36.0 Å². The number of amides is 2. The van der Waals surface area contributed by atoms with Crippen molar-refractivity contribution in [3.8, 4) is 11.1 Å². The van der Waals surface area contributed by atoms with Gasteiger partial charge < -0.3 is 25.2 Å². The predicted molar refractivity (Wildman–Crippen MR) is 125 cm³/mol. The molecular formula is C26H30N2O6. The lowest BCUT2D eigenvalue weighted by Crippen LogP contribution is -2.54. The third-order valence-corrected chi connectivity index (χ3v) is 6.84. The van der Waals surface area contributed by atoms with Crippen LogP contribution in [0.15, 0.2) is 48.5 Å². The van der Waals surface area contributed by atoms with E-state index >= 15 is 0 Å². The van der Waals surface area contributed by atoms with Gasteiger partial charge in [-0.3, -0.25) is 9.59 Å². The number of carbonyl (C=O) groups excluding carboxylic acids is 2. The smallest absolute Gasteiger partial charge is 0.407 e. The molecule has 8 nitrogen and oxygen atoms in total. The molecule has 8 heteroatoms. The third kappa shape index (κ3) is 4.77. The van der Waals surface area contributed by atoms with E-state index in [9.17, 15) is 19.5 Å². The first-order chi connectivity index (χ1) is 16.4. The highest BCUT2D eigenvalue weighted by atomic mass is 16.5. The van der Waals surface area contributed by atoms with Gasteiger partial charge in [0.25, 0.3) is 0 Å². The fraction of sp³-hybridized carbons (Fsp3) is 0.423. The Balaban J connectivity index is 1.41. The summed E-state index contributed by atoms with van der Waals surface area (Å²) < 4.78 is 10.8. The zero-order valence-electron chi connectivity index (χ0n) is 19.3. The molecule has 2 aromatic rings. The number of fused-ring (bicyclic) bond motifs is 3. The lowest BCUT2D eigenvalue weighted by atomic mass is 9.97. The van der Waals surface area contributed by atoms with Crippen molar-refractivity contribution < 1.29 is 29.0 Å². The van der Waals surface area contributed by atoms with E-state index in [1.807, 2.05) is 50.2 Å². The number of hydrogen-bond donors (Lipinski definition) is 3. The number of hydrogen-bond acceptors (Lipinski definition) is 5. The molecule has 34 heavy (non-hydrogen) atoms. The zero-order valence-corrected chi connectivity index (χ0v) is 19.3. The topological polar surface area (TPSA) is 114 Å². The average molecular weight is 467 g/mol. The molecule has 1 heterocycles. The van der Waals surface area contributed by atoms with Gasteiger partial charge in [-0.25, -0.2) is 4.79 Å². The Bertz CT molecular complexity index is 1030. The highest BCUT2D eigenvalue weighted by Gasteiger charge is 2.37. The Labute approximate surface area is 198 Å². The highest BCUT2D eigenvalue weighted by Crippen LogP contribution is 2.44. The van der Waals surface area contributed by atoms with Gasteiger partial charge in [0.05, 0.1) is 19.3 Å². The Hall–Kier alpha value is -3.39. The van der Waals surface area contributed by atoms with E-state index in [4.69, 9.17) is 9.47 Å². The fourth-order valence-corrected chi connectivity index (χ4v) is 4.68. The maximum absolute atomic E-state index is 13.0. The van der Waals surface area contributed by atoms with Crippen molar-refractivity contribution >= 4 is 18.0 Å². The van der Waals surface area contributed by atoms with E-state index in [0.717, 1.165) is 22.3 Å². The molecule has 3 unspecified atom stereocenters. The van der Waals surface area contributed by atoms with Crippen molar-refractivity contribution in [2.75, 3.05) is 19.8 Å². The van der Waals surface area contributed by atoms with Crippen LogP contribution in [0.25, 0.3) is 11.1 Å². The fourth-order valence-electron chi connectivity index (χ4n) is 4.68. The number of aliphatic carboxylic acids is 1. The number of ether oxygens (including phenoxy) is 2. The van der Waals surface area contributed by atoms with E-state index in [2.05, 4.69) is 22.8 Å². The van der Waals surface area contributed by atoms with Gasteiger partial charge >= 0.3 is 12.1 Å². The Kier molecular flexibility index (Phi) is 7.17. The van der Waals surface area contributed by atoms with Gasteiger partial charge in [-0.2, -0.15) is 0 Å². The first-order valence-electron chi connectivity index (χ1n) is 11.6. The van der Waals surface area contributed by atoms with E-state index in [0.29, 0.717) is 6.42 Å². The molecule has 3 N–H and O–H groups in total. The average Bonchev–Trinajstić information content (AvgIpc) is 3.43. The number of carboxylic acids is 1. The molecule has 2 amide bonds. The lowest BCUT2D eigenvalue weighted by molar-refractivity contribution is -0.142. The minimum atomic E-state index is -1.02. The van der Waals surface area contributed by atoms with Crippen LogP contribution in [0, 0.1) is 11.8 Å².